The summed E-state index contributed by atoms with van der Waals surface area (Å²) >= 11 is 0. The highest BCUT2D eigenvalue weighted by Gasteiger charge is 2.37. The van der Waals surface area contributed by atoms with E-state index in [0.717, 1.165) is 12.8 Å². The van der Waals surface area contributed by atoms with Gasteiger partial charge in [-0.3, -0.25) is 14.9 Å². The van der Waals surface area contributed by atoms with Gasteiger partial charge in [0.1, 0.15) is 17.1 Å². The quantitative estimate of drug-likeness (QED) is 0.846. The van der Waals surface area contributed by atoms with Crippen LogP contribution in [0, 0.1) is 0 Å². The van der Waals surface area contributed by atoms with Crippen LogP contribution in [0.5, 0.6) is 0 Å². The lowest BCUT2D eigenvalue weighted by atomic mass is 10.0. The van der Waals surface area contributed by atoms with Gasteiger partial charge in [-0.25, -0.2) is 9.97 Å². The van der Waals surface area contributed by atoms with Gasteiger partial charge in [0.05, 0.1) is 12.7 Å². The number of aromatic amines is 1. The first-order chi connectivity index (χ1) is 10.2. The third-order valence-corrected chi connectivity index (χ3v) is 3.44. The van der Waals surface area contributed by atoms with E-state index in [1.54, 1.807) is 25.5 Å². The first-order valence-corrected chi connectivity index (χ1v) is 6.77. The van der Waals surface area contributed by atoms with Crippen molar-refractivity contribution in [2.24, 2.45) is 0 Å². The number of H-pyrrole nitrogens is 1. The number of nitrogens with one attached hydrogen (secondary N) is 2. The van der Waals surface area contributed by atoms with Crippen molar-refractivity contribution in [3.8, 4) is 11.5 Å². The van der Waals surface area contributed by atoms with E-state index < -0.39 is 5.60 Å². The molecule has 0 unspecified atom stereocenters. The van der Waals surface area contributed by atoms with Gasteiger partial charge >= 0.3 is 0 Å². The Morgan fingerprint density at radius 2 is 2.43 bits per heavy atom. The normalized spacial score (nSPS) is 21.4. The molecule has 1 aliphatic heterocycles. The van der Waals surface area contributed by atoms with E-state index in [1.807, 2.05) is 0 Å². The van der Waals surface area contributed by atoms with Crippen molar-refractivity contribution in [2.75, 3.05) is 6.61 Å². The lowest BCUT2D eigenvalue weighted by Crippen LogP contribution is -2.43. The first-order valence-electron chi connectivity index (χ1n) is 6.77. The van der Waals surface area contributed by atoms with E-state index in [4.69, 9.17) is 4.74 Å². The molecule has 1 aliphatic rings. The van der Waals surface area contributed by atoms with Crippen molar-refractivity contribution in [1.29, 1.82) is 0 Å². The minimum Gasteiger partial charge on any atom is -0.365 e. The van der Waals surface area contributed by atoms with Gasteiger partial charge in [0, 0.05) is 19.0 Å². The van der Waals surface area contributed by atoms with Crippen LogP contribution in [0.2, 0.25) is 0 Å². The van der Waals surface area contributed by atoms with E-state index in [-0.39, 0.29) is 12.5 Å². The molecule has 1 fully saturated rings. The summed E-state index contributed by atoms with van der Waals surface area (Å²) < 4.78 is 5.49. The molecule has 3 heterocycles. The summed E-state index contributed by atoms with van der Waals surface area (Å²) in [6.45, 7) is 2.70. The molecule has 1 atom stereocenters. The second-order valence-electron chi connectivity index (χ2n) is 5.06. The number of aromatic nitrogens is 5. The molecule has 1 saturated heterocycles. The van der Waals surface area contributed by atoms with E-state index in [1.165, 1.54) is 0 Å². The highest BCUT2D eigenvalue weighted by molar-refractivity contribution is 5.84. The van der Waals surface area contributed by atoms with E-state index in [2.05, 4.69) is 30.5 Å². The van der Waals surface area contributed by atoms with Gasteiger partial charge in [0.2, 0.25) is 5.82 Å². The van der Waals surface area contributed by atoms with Crippen LogP contribution in [0.3, 0.4) is 0 Å². The van der Waals surface area contributed by atoms with Crippen LogP contribution in [0.15, 0.2) is 18.6 Å². The maximum Gasteiger partial charge on any atom is 0.252 e. The number of rotatable bonds is 4. The highest BCUT2D eigenvalue weighted by Crippen LogP contribution is 2.25. The minimum absolute atomic E-state index is 0.127. The summed E-state index contributed by atoms with van der Waals surface area (Å²) in [6.07, 6.45) is 6.38. The molecular formula is C13H16N6O2. The van der Waals surface area contributed by atoms with E-state index in [9.17, 15) is 4.79 Å². The summed E-state index contributed by atoms with van der Waals surface area (Å²) in [4.78, 5) is 24.5. The van der Waals surface area contributed by atoms with Gasteiger partial charge in [-0.2, -0.15) is 5.10 Å². The Morgan fingerprint density at radius 3 is 3.14 bits per heavy atom. The van der Waals surface area contributed by atoms with Gasteiger partial charge in [-0.1, -0.05) is 0 Å². The third-order valence-electron chi connectivity index (χ3n) is 3.44. The Balaban J connectivity index is 1.62. The largest absolute Gasteiger partial charge is 0.365 e. The fourth-order valence-electron chi connectivity index (χ4n) is 2.21. The molecule has 0 saturated carbocycles. The standard InChI is InChI=1S/C13H16N6O2/c1-13(3-2-6-21-13)12(20)16-8-10-17-11(19-18-10)9-7-14-4-5-15-9/h4-5,7H,2-3,6,8H2,1H3,(H,16,20)(H,17,18,19)/t13-/m0/s1. The second kappa shape index (κ2) is 5.57. The molecule has 0 spiro atoms. The molecule has 1 amide bonds. The topological polar surface area (TPSA) is 106 Å². The van der Waals surface area contributed by atoms with Crippen LogP contribution < -0.4 is 5.32 Å². The van der Waals surface area contributed by atoms with Crippen LogP contribution in [0.25, 0.3) is 11.5 Å². The Labute approximate surface area is 121 Å². The maximum atomic E-state index is 12.1. The van der Waals surface area contributed by atoms with Crippen LogP contribution in [0.4, 0.5) is 0 Å². The molecule has 3 rings (SSSR count). The van der Waals surface area contributed by atoms with Crippen molar-refractivity contribution >= 4 is 5.91 Å². The molecule has 2 aromatic rings. The summed E-state index contributed by atoms with van der Waals surface area (Å²) in [6, 6.07) is 0. The summed E-state index contributed by atoms with van der Waals surface area (Å²) in [7, 11) is 0. The SMILES string of the molecule is C[C@@]1(C(=O)NCc2nc(-c3cnccn3)n[nH]2)CCCO1. The maximum absolute atomic E-state index is 12.1. The van der Waals surface area contributed by atoms with Crippen LogP contribution in [-0.2, 0) is 16.1 Å². The average molecular weight is 288 g/mol. The van der Waals surface area contributed by atoms with Gasteiger partial charge in [0.15, 0.2) is 0 Å². The van der Waals surface area contributed by atoms with Gasteiger partial charge in [-0.05, 0) is 19.8 Å². The molecule has 8 heteroatoms. The minimum atomic E-state index is -0.728. The van der Waals surface area contributed by atoms with Crippen LogP contribution >= 0.6 is 0 Å². The number of ether oxygens (including phenoxy) is 1. The summed E-state index contributed by atoms with van der Waals surface area (Å²) in [5.74, 6) is 0.888. The molecule has 2 aromatic heterocycles. The highest BCUT2D eigenvalue weighted by atomic mass is 16.5. The average Bonchev–Trinajstić information content (AvgIpc) is 3.15. The molecule has 0 bridgehead atoms. The predicted octanol–water partition coefficient (Wildman–Crippen LogP) is 0.447. The van der Waals surface area contributed by atoms with Crippen molar-refractivity contribution in [3.63, 3.8) is 0 Å². The number of carbonyl (C=O) groups is 1. The Hall–Kier alpha value is -2.35. The molecule has 2 N–H and O–H groups in total. The van der Waals surface area contributed by atoms with Crippen molar-refractivity contribution in [2.45, 2.75) is 31.9 Å². The van der Waals surface area contributed by atoms with E-state index in [0.29, 0.717) is 23.9 Å². The monoisotopic (exact) mass is 288 g/mol. The van der Waals surface area contributed by atoms with Crippen LogP contribution in [-0.4, -0.2) is 43.3 Å². The predicted molar refractivity (Wildman–Crippen MR) is 72.8 cm³/mol. The zero-order valence-electron chi connectivity index (χ0n) is 11.7. The van der Waals surface area contributed by atoms with Crippen LogP contribution in [0.1, 0.15) is 25.6 Å². The fourth-order valence-corrected chi connectivity index (χ4v) is 2.21. The zero-order valence-corrected chi connectivity index (χ0v) is 11.7. The zero-order chi connectivity index (χ0) is 14.7. The summed E-state index contributed by atoms with van der Waals surface area (Å²) in [5.41, 5.74) is -0.147. The molecule has 21 heavy (non-hydrogen) atoms. The van der Waals surface area contributed by atoms with Crippen molar-refractivity contribution < 1.29 is 9.53 Å². The third kappa shape index (κ3) is 2.89. The number of amides is 1. The summed E-state index contributed by atoms with van der Waals surface area (Å²) in [5, 5.41) is 9.65. The number of carbonyl (C=O) groups excluding carboxylic acids is 1. The Bertz CT molecular complexity index is 621. The second-order valence-corrected chi connectivity index (χ2v) is 5.06. The molecule has 0 aliphatic carbocycles. The van der Waals surface area contributed by atoms with E-state index >= 15 is 0 Å². The lowest BCUT2D eigenvalue weighted by molar-refractivity contribution is -0.139. The van der Waals surface area contributed by atoms with Gasteiger partial charge < -0.3 is 10.1 Å². The van der Waals surface area contributed by atoms with Gasteiger partial charge in [-0.15, -0.1) is 0 Å². The molecule has 110 valence electrons. The molecule has 0 aromatic carbocycles. The first kappa shape index (κ1) is 13.6. The molecule has 8 nitrogen and oxygen atoms in total. The number of hydrogen-bond donors (Lipinski definition) is 2. The molecule has 0 radical (unpaired) electrons. The Morgan fingerprint density at radius 1 is 1.52 bits per heavy atom. The Kier molecular flexibility index (Phi) is 3.61. The van der Waals surface area contributed by atoms with Crippen molar-refractivity contribution in [3.05, 3.63) is 24.4 Å². The smallest absolute Gasteiger partial charge is 0.252 e. The van der Waals surface area contributed by atoms with Crippen molar-refractivity contribution in [1.82, 2.24) is 30.5 Å². The lowest BCUT2D eigenvalue weighted by Gasteiger charge is -2.21. The number of hydrogen-bond acceptors (Lipinski definition) is 6. The number of nitrogens with zero attached hydrogens (tertiary/aromatic N) is 4. The van der Waals surface area contributed by atoms with Gasteiger partial charge in [0.25, 0.3) is 5.91 Å². The molecular weight excluding hydrogens is 272 g/mol. The fraction of sp³-hybridized carbons (Fsp3) is 0.462.